The lowest BCUT2D eigenvalue weighted by atomic mass is 10.2. The molecule has 0 atom stereocenters. The van der Waals surface area contributed by atoms with Gasteiger partial charge in [-0.1, -0.05) is 0 Å². The molecule has 1 N–H and O–H groups in total. The van der Waals surface area contributed by atoms with E-state index >= 15 is 0 Å². The summed E-state index contributed by atoms with van der Waals surface area (Å²) in [7, 11) is 2.54. The van der Waals surface area contributed by atoms with Gasteiger partial charge in [0.15, 0.2) is 0 Å². The van der Waals surface area contributed by atoms with Gasteiger partial charge in [-0.05, 0) is 18.2 Å². The summed E-state index contributed by atoms with van der Waals surface area (Å²) >= 11 is 0. The molecule has 0 saturated heterocycles. The molecule has 11 heteroatoms. The van der Waals surface area contributed by atoms with E-state index in [2.05, 4.69) is 5.10 Å². The van der Waals surface area contributed by atoms with Crippen LogP contribution in [0.5, 0.6) is 11.5 Å². The molecule has 0 aliphatic carbocycles. The molecule has 0 spiro atoms. The van der Waals surface area contributed by atoms with Crippen LogP contribution in [-0.2, 0) is 0 Å². The van der Waals surface area contributed by atoms with Crippen molar-refractivity contribution in [2.24, 2.45) is 5.10 Å². The Kier molecular flexibility index (Phi) is 5.33. The highest BCUT2D eigenvalue weighted by Gasteiger charge is 2.73. The smallest absolute Gasteiger partial charge is 0.462 e. The minimum Gasteiger partial charge on any atom is -0.497 e. The molecule has 1 aromatic rings. The van der Waals surface area contributed by atoms with Crippen molar-refractivity contribution in [2.45, 2.75) is 18.1 Å². The fraction of sp³-hybridized carbons (Fsp3) is 0.417. The topological polar surface area (TPSA) is 42.9 Å². The largest absolute Gasteiger partial charge is 0.497 e. The average Bonchev–Trinajstić information content (AvgIpc) is 2.45. The van der Waals surface area contributed by atoms with Crippen LogP contribution in [0.1, 0.15) is 5.56 Å². The zero-order valence-electron chi connectivity index (χ0n) is 11.7. The molecule has 0 heterocycles. The predicted molar refractivity (Wildman–Crippen MR) is 66.2 cm³/mol. The van der Waals surface area contributed by atoms with Gasteiger partial charge in [-0.15, -0.1) is 0 Å². The maximum atomic E-state index is 13.0. The molecule has 0 radical (unpaired) electrons. The van der Waals surface area contributed by atoms with Crippen molar-refractivity contribution < 1.29 is 40.2 Å². The summed E-state index contributed by atoms with van der Waals surface area (Å²) in [6.07, 6.45) is -5.84. The van der Waals surface area contributed by atoms with Gasteiger partial charge in [0, 0.05) is 5.56 Å². The van der Waals surface area contributed by atoms with E-state index in [1.807, 2.05) is 0 Å². The molecule has 0 aliphatic rings. The number of nitrogens with zero attached hydrogens (tertiary/aromatic N) is 1. The van der Waals surface area contributed by atoms with E-state index in [0.717, 1.165) is 0 Å². The number of hydrogen-bond donors (Lipinski definition) is 1. The Bertz CT molecular complexity index is 573. The normalized spacial score (nSPS) is 13.3. The molecule has 1 rings (SSSR count). The Hall–Kier alpha value is -2.20. The van der Waals surface area contributed by atoms with E-state index in [1.54, 1.807) is 0 Å². The predicted octanol–water partition coefficient (Wildman–Crippen LogP) is 3.42. The third-order valence-electron chi connectivity index (χ3n) is 2.60. The Morgan fingerprint density at radius 3 is 2.09 bits per heavy atom. The van der Waals surface area contributed by atoms with Crippen LogP contribution >= 0.6 is 0 Å². The lowest BCUT2D eigenvalue weighted by Gasteiger charge is -2.27. The zero-order chi connectivity index (χ0) is 17.9. The van der Waals surface area contributed by atoms with Gasteiger partial charge in [-0.3, -0.25) is 0 Å². The summed E-state index contributed by atoms with van der Waals surface area (Å²) in [5.74, 6) is -5.92. The number of hydrogen-bond acceptors (Lipinski definition) is 4. The molecule has 0 aliphatic heterocycles. The second-order valence-electron chi connectivity index (χ2n) is 4.12. The van der Waals surface area contributed by atoms with E-state index in [0.29, 0.717) is 11.6 Å². The van der Waals surface area contributed by atoms with Gasteiger partial charge >= 0.3 is 18.1 Å². The molecule has 130 valence electrons. The Labute approximate surface area is 125 Å². The number of hydrazone groups is 1. The van der Waals surface area contributed by atoms with E-state index in [1.165, 1.54) is 32.4 Å². The summed E-state index contributed by atoms with van der Waals surface area (Å²) in [5.41, 5.74) is 0.532. The van der Waals surface area contributed by atoms with Crippen molar-refractivity contribution in [3.8, 4) is 11.5 Å². The van der Waals surface area contributed by atoms with Gasteiger partial charge in [-0.2, -0.15) is 35.8 Å². The van der Waals surface area contributed by atoms with Gasteiger partial charge in [0.25, 0.3) is 0 Å². The van der Waals surface area contributed by atoms with Gasteiger partial charge in [0.2, 0.25) is 0 Å². The third kappa shape index (κ3) is 3.96. The second kappa shape index (κ2) is 6.50. The Morgan fingerprint density at radius 2 is 1.61 bits per heavy atom. The maximum Gasteiger partial charge on any atom is 0.462 e. The second-order valence-corrected chi connectivity index (χ2v) is 4.12. The molecule has 4 nitrogen and oxygen atoms in total. The van der Waals surface area contributed by atoms with Crippen LogP contribution in [-0.4, -0.2) is 38.6 Å². The molecule has 1 aromatic carbocycles. The average molecular weight is 348 g/mol. The fourth-order valence-electron chi connectivity index (χ4n) is 1.37. The van der Waals surface area contributed by atoms with E-state index in [4.69, 9.17) is 9.47 Å². The van der Waals surface area contributed by atoms with Crippen molar-refractivity contribution in [3.05, 3.63) is 23.8 Å². The summed E-state index contributed by atoms with van der Waals surface area (Å²) in [4.78, 5) is 0. The molecule has 0 bridgehead atoms. The molecular formula is C12H11F7N2O2. The Balaban J connectivity index is 2.99. The van der Waals surface area contributed by atoms with Gasteiger partial charge in [-0.25, -0.2) is 5.43 Å². The number of nitrogens with one attached hydrogen (secondary N) is 1. The van der Waals surface area contributed by atoms with E-state index in [-0.39, 0.29) is 17.1 Å². The SMILES string of the molecule is COc1ccc(OC)c(/C=N\NC(F)(F)C(F)(F)C(F)(F)F)c1. The van der Waals surface area contributed by atoms with Gasteiger partial charge in [0.1, 0.15) is 11.5 Å². The maximum absolute atomic E-state index is 13.0. The van der Waals surface area contributed by atoms with Crippen LogP contribution in [0.2, 0.25) is 0 Å². The van der Waals surface area contributed by atoms with Gasteiger partial charge < -0.3 is 9.47 Å². The lowest BCUT2D eigenvalue weighted by Crippen LogP contribution is -2.58. The molecule has 23 heavy (non-hydrogen) atoms. The first-order valence-electron chi connectivity index (χ1n) is 5.81. The zero-order valence-corrected chi connectivity index (χ0v) is 11.7. The standard InChI is InChI=1S/C12H11F7N2O2/c1-22-8-3-4-9(23-2)7(5-8)6-20-21-12(18,19)10(13,14)11(15,16)17/h3-6,21H,1-2H3/b20-6-. The number of methoxy groups -OCH3 is 2. The van der Waals surface area contributed by atoms with Crippen LogP contribution in [0.3, 0.4) is 0 Å². The fourth-order valence-corrected chi connectivity index (χ4v) is 1.37. The molecular weight excluding hydrogens is 337 g/mol. The van der Waals surface area contributed by atoms with Crippen molar-refractivity contribution in [1.29, 1.82) is 0 Å². The van der Waals surface area contributed by atoms with Crippen LogP contribution < -0.4 is 14.9 Å². The molecule has 0 amide bonds. The number of ether oxygens (including phenoxy) is 2. The monoisotopic (exact) mass is 348 g/mol. The molecule has 0 saturated carbocycles. The number of halogens is 7. The Morgan fingerprint density at radius 1 is 1.00 bits per heavy atom. The third-order valence-corrected chi connectivity index (χ3v) is 2.60. The van der Waals surface area contributed by atoms with Crippen molar-refractivity contribution in [2.75, 3.05) is 14.2 Å². The first-order valence-corrected chi connectivity index (χ1v) is 5.81. The summed E-state index contributed by atoms with van der Waals surface area (Å²) < 4.78 is 96.8. The molecule has 0 unspecified atom stereocenters. The van der Waals surface area contributed by atoms with Crippen LogP contribution in [0.25, 0.3) is 0 Å². The number of benzene rings is 1. The van der Waals surface area contributed by atoms with E-state index in [9.17, 15) is 30.7 Å². The van der Waals surface area contributed by atoms with Crippen molar-refractivity contribution in [1.82, 2.24) is 5.43 Å². The van der Waals surface area contributed by atoms with E-state index < -0.39 is 18.1 Å². The van der Waals surface area contributed by atoms with Gasteiger partial charge in [0.05, 0.1) is 20.4 Å². The highest BCUT2D eigenvalue weighted by molar-refractivity contribution is 5.84. The van der Waals surface area contributed by atoms with Crippen LogP contribution in [0.15, 0.2) is 23.3 Å². The minimum atomic E-state index is -6.44. The number of alkyl halides is 7. The number of rotatable bonds is 6. The summed E-state index contributed by atoms with van der Waals surface area (Å²) in [5, 5.41) is 2.74. The molecule has 0 aromatic heterocycles. The van der Waals surface area contributed by atoms with Crippen LogP contribution in [0.4, 0.5) is 30.7 Å². The first-order chi connectivity index (χ1) is 10.5. The minimum absolute atomic E-state index is 0.0190. The van der Waals surface area contributed by atoms with Crippen LogP contribution in [0, 0.1) is 0 Å². The molecule has 0 fully saturated rings. The quantitative estimate of drug-likeness (QED) is 0.371. The highest BCUT2D eigenvalue weighted by Crippen LogP contribution is 2.45. The summed E-state index contributed by atoms with van der Waals surface area (Å²) in [6, 6.07) is -1.56. The summed E-state index contributed by atoms with van der Waals surface area (Å²) in [6.45, 7) is 0. The van der Waals surface area contributed by atoms with Crippen molar-refractivity contribution in [3.63, 3.8) is 0 Å². The first kappa shape index (κ1) is 18.8. The van der Waals surface area contributed by atoms with Crippen molar-refractivity contribution >= 4 is 6.21 Å². The lowest BCUT2D eigenvalue weighted by molar-refractivity contribution is -0.361. The highest BCUT2D eigenvalue weighted by atomic mass is 19.4.